The second kappa shape index (κ2) is 8.80. The number of rotatable bonds is 7. The zero-order valence-corrected chi connectivity index (χ0v) is 17.3. The number of hydrogen-bond acceptors (Lipinski definition) is 6. The number of methoxy groups -OCH3 is 2. The highest BCUT2D eigenvalue weighted by Crippen LogP contribution is 2.31. The lowest BCUT2D eigenvalue weighted by atomic mass is 10.1. The summed E-state index contributed by atoms with van der Waals surface area (Å²) in [6.45, 7) is 0. The highest BCUT2D eigenvalue weighted by molar-refractivity contribution is 7.20. The molecule has 5 nitrogen and oxygen atoms in total. The Kier molecular flexibility index (Phi) is 5.77. The van der Waals surface area contributed by atoms with E-state index in [0.717, 1.165) is 15.8 Å². The fraction of sp³-hybridized carbons (Fsp3) is 0.0833. The molecule has 0 aliphatic carbocycles. The van der Waals surface area contributed by atoms with Gasteiger partial charge in [0.2, 0.25) is 0 Å². The molecule has 0 saturated heterocycles. The fourth-order valence-electron chi connectivity index (χ4n) is 2.90. The molecule has 0 bridgehead atoms. The van der Waals surface area contributed by atoms with Crippen molar-refractivity contribution in [3.05, 3.63) is 83.9 Å². The van der Waals surface area contributed by atoms with Crippen LogP contribution in [-0.4, -0.2) is 25.0 Å². The molecule has 0 unspecified atom stereocenters. The molecule has 0 fully saturated rings. The molecule has 0 spiro atoms. The molecule has 0 aliphatic heterocycles. The van der Waals surface area contributed by atoms with E-state index in [9.17, 15) is 4.79 Å². The summed E-state index contributed by atoms with van der Waals surface area (Å²) in [7, 11) is 3.18. The van der Waals surface area contributed by atoms with Crippen LogP contribution in [0.3, 0.4) is 0 Å². The number of ketones is 1. The van der Waals surface area contributed by atoms with Crippen molar-refractivity contribution in [2.24, 2.45) is 0 Å². The Bertz CT molecular complexity index is 1180. The van der Waals surface area contributed by atoms with Gasteiger partial charge in [-0.05, 0) is 60.7 Å². The monoisotopic (exact) mass is 417 g/mol. The first-order valence-corrected chi connectivity index (χ1v) is 10.1. The van der Waals surface area contributed by atoms with Crippen LogP contribution in [-0.2, 0) is 0 Å². The maximum Gasteiger partial charge on any atom is 0.279 e. The maximum atomic E-state index is 12.5. The van der Waals surface area contributed by atoms with Gasteiger partial charge in [0.25, 0.3) is 5.19 Å². The largest absolute Gasteiger partial charge is 0.497 e. The highest BCUT2D eigenvalue weighted by atomic mass is 32.1. The summed E-state index contributed by atoms with van der Waals surface area (Å²) >= 11 is 1.48. The van der Waals surface area contributed by atoms with Crippen molar-refractivity contribution in [3.63, 3.8) is 0 Å². The first-order valence-electron chi connectivity index (χ1n) is 9.24. The molecular weight excluding hydrogens is 398 g/mol. The fourth-order valence-corrected chi connectivity index (χ4v) is 3.74. The predicted molar refractivity (Wildman–Crippen MR) is 119 cm³/mol. The molecule has 0 saturated carbocycles. The first kappa shape index (κ1) is 19.7. The summed E-state index contributed by atoms with van der Waals surface area (Å²) in [5.74, 6) is 1.85. The number of benzene rings is 3. The van der Waals surface area contributed by atoms with Crippen molar-refractivity contribution < 1.29 is 19.0 Å². The van der Waals surface area contributed by atoms with Crippen molar-refractivity contribution in [1.29, 1.82) is 0 Å². The van der Waals surface area contributed by atoms with Gasteiger partial charge in [0, 0.05) is 17.2 Å². The Hall–Kier alpha value is -3.64. The van der Waals surface area contributed by atoms with Gasteiger partial charge in [-0.3, -0.25) is 4.79 Å². The van der Waals surface area contributed by atoms with Crippen LogP contribution >= 0.6 is 11.3 Å². The number of ether oxygens (including phenoxy) is 3. The van der Waals surface area contributed by atoms with Crippen LogP contribution in [0, 0.1) is 0 Å². The normalized spacial score (nSPS) is 11.0. The van der Waals surface area contributed by atoms with Crippen LogP contribution in [0.25, 0.3) is 16.3 Å². The van der Waals surface area contributed by atoms with E-state index in [2.05, 4.69) is 4.98 Å². The van der Waals surface area contributed by atoms with Gasteiger partial charge in [0.1, 0.15) is 17.2 Å². The summed E-state index contributed by atoms with van der Waals surface area (Å²) in [5.41, 5.74) is 2.27. The van der Waals surface area contributed by atoms with Gasteiger partial charge in [-0.15, -0.1) is 0 Å². The van der Waals surface area contributed by atoms with Crippen molar-refractivity contribution in [3.8, 4) is 22.4 Å². The molecule has 0 aliphatic rings. The minimum Gasteiger partial charge on any atom is -0.497 e. The standard InChI is InChI=1S/C24H19NO4S/c1-27-19-13-9-17(22(15-19)28-2)10-14-21(26)16-7-11-18(12-8-16)29-24-25-20-5-3-4-6-23(20)30-24/h3-15H,1-2H3/b14-10+. The van der Waals surface area contributed by atoms with Gasteiger partial charge in [-0.1, -0.05) is 23.5 Å². The SMILES string of the molecule is COc1ccc(/C=C/C(=O)c2ccc(Oc3nc4ccccc4s3)cc2)c(OC)c1. The Morgan fingerprint density at radius 3 is 2.43 bits per heavy atom. The van der Waals surface area contributed by atoms with Gasteiger partial charge in [0.05, 0.1) is 24.4 Å². The van der Waals surface area contributed by atoms with Crippen LogP contribution in [0.2, 0.25) is 0 Å². The number of para-hydroxylation sites is 1. The molecule has 0 radical (unpaired) electrons. The smallest absolute Gasteiger partial charge is 0.279 e. The molecule has 1 heterocycles. The molecule has 0 amide bonds. The van der Waals surface area contributed by atoms with E-state index in [1.165, 1.54) is 17.4 Å². The van der Waals surface area contributed by atoms with Gasteiger partial charge in [-0.25, -0.2) is 4.98 Å². The molecule has 3 aromatic carbocycles. The van der Waals surface area contributed by atoms with Crippen LogP contribution in [0.4, 0.5) is 0 Å². The van der Waals surface area contributed by atoms with Crippen LogP contribution in [0.15, 0.2) is 72.8 Å². The topological polar surface area (TPSA) is 57.7 Å². The number of hydrogen-bond donors (Lipinski definition) is 0. The summed E-state index contributed by atoms with van der Waals surface area (Å²) in [4.78, 5) is 17.0. The van der Waals surface area contributed by atoms with Gasteiger partial charge >= 0.3 is 0 Å². The molecule has 0 atom stereocenters. The minimum atomic E-state index is -0.112. The molecule has 4 aromatic rings. The molecular formula is C24H19NO4S. The average molecular weight is 417 g/mol. The molecule has 150 valence electrons. The zero-order valence-electron chi connectivity index (χ0n) is 16.5. The molecule has 0 N–H and O–H groups in total. The lowest BCUT2D eigenvalue weighted by Gasteiger charge is -2.07. The Morgan fingerprint density at radius 1 is 0.933 bits per heavy atom. The van der Waals surface area contributed by atoms with E-state index in [1.807, 2.05) is 36.4 Å². The molecule has 6 heteroatoms. The van der Waals surface area contributed by atoms with Crippen molar-refractivity contribution in [2.45, 2.75) is 0 Å². The van der Waals surface area contributed by atoms with E-state index in [1.54, 1.807) is 50.6 Å². The lowest BCUT2D eigenvalue weighted by Crippen LogP contribution is -1.95. The van der Waals surface area contributed by atoms with E-state index in [0.29, 0.717) is 28.0 Å². The summed E-state index contributed by atoms with van der Waals surface area (Å²) in [5, 5.41) is 0.571. The number of allylic oxidation sites excluding steroid dienone is 1. The number of thiazole rings is 1. The molecule has 4 rings (SSSR count). The Morgan fingerprint density at radius 2 is 1.70 bits per heavy atom. The third-order valence-electron chi connectivity index (χ3n) is 4.47. The lowest BCUT2D eigenvalue weighted by molar-refractivity contribution is 0.104. The zero-order chi connectivity index (χ0) is 20.9. The average Bonchev–Trinajstić information content (AvgIpc) is 3.20. The Labute approximate surface area is 178 Å². The van der Waals surface area contributed by atoms with Crippen LogP contribution in [0.1, 0.15) is 15.9 Å². The second-order valence-corrected chi connectivity index (χ2v) is 7.37. The van der Waals surface area contributed by atoms with Gasteiger partial charge < -0.3 is 14.2 Å². The van der Waals surface area contributed by atoms with Crippen LogP contribution < -0.4 is 14.2 Å². The third-order valence-corrected chi connectivity index (χ3v) is 5.39. The second-order valence-electron chi connectivity index (χ2n) is 6.38. The van der Waals surface area contributed by atoms with Crippen molar-refractivity contribution >= 4 is 33.4 Å². The summed E-state index contributed by atoms with van der Waals surface area (Å²) in [6.07, 6.45) is 3.25. The predicted octanol–water partition coefficient (Wildman–Crippen LogP) is 6.00. The van der Waals surface area contributed by atoms with E-state index in [4.69, 9.17) is 14.2 Å². The van der Waals surface area contributed by atoms with E-state index < -0.39 is 0 Å². The van der Waals surface area contributed by atoms with Gasteiger partial charge in [0.15, 0.2) is 5.78 Å². The Balaban J connectivity index is 1.45. The summed E-state index contributed by atoms with van der Waals surface area (Å²) in [6, 6.07) is 20.3. The van der Waals surface area contributed by atoms with Crippen LogP contribution in [0.5, 0.6) is 22.4 Å². The minimum absolute atomic E-state index is 0.112. The van der Waals surface area contributed by atoms with Gasteiger partial charge in [-0.2, -0.15) is 0 Å². The third kappa shape index (κ3) is 4.34. The number of aromatic nitrogens is 1. The highest BCUT2D eigenvalue weighted by Gasteiger charge is 2.08. The summed E-state index contributed by atoms with van der Waals surface area (Å²) < 4.78 is 17.4. The van der Waals surface area contributed by atoms with Crippen molar-refractivity contribution in [2.75, 3.05) is 14.2 Å². The first-order chi connectivity index (χ1) is 14.7. The number of carbonyl (C=O) groups excluding carboxylic acids is 1. The number of nitrogens with zero attached hydrogens (tertiary/aromatic N) is 1. The molecule has 30 heavy (non-hydrogen) atoms. The quantitative estimate of drug-likeness (QED) is 0.273. The van der Waals surface area contributed by atoms with E-state index in [-0.39, 0.29) is 5.78 Å². The van der Waals surface area contributed by atoms with E-state index >= 15 is 0 Å². The maximum absolute atomic E-state index is 12.5. The number of carbonyl (C=O) groups is 1. The number of fused-ring (bicyclic) bond motifs is 1. The molecule has 1 aromatic heterocycles. The van der Waals surface area contributed by atoms with Crippen molar-refractivity contribution in [1.82, 2.24) is 4.98 Å².